The van der Waals surface area contributed by atoms with Crippen LogP contribution in [0.5, 0.6) is 0 Å². The molecule has 3 heteroatoms. The van der Waals surface area contributed by atoms with Crippen LogP contribution >= 0.6 is 0 Å². The normalized spacial score (nSPS) is 24.0. The van der Waals surface area contributed by atoms with E-state index in [1.54, 1.807) is 0 Å². The fraction of sp³-hybridized carbons (Fsp3) is 0.636. The zero-order valence-electron chi connectivity index (χ0n) is 8.82. The first-order valence-electron chi connectivity index (χ1n) is 5.34. The summed E-state index contributed by atoms with van der Waals surface area (Å²) in [5.41, 5.74) is 7.32. The van der Waals surface area contributed by atoms with E-state index in [2.05, 4.69) is 34.8 Å². The zero-order valence-corrected chi connectivity index (χ0v) is 8.82. The molecule has 0 spiro atoms. The van der Waals surface area contributed by atoms with Crippen LogP contribution in [0.3, 0.4) is 0 Å². The third-order valence-corrected chi connectivity index (χ3v) is 2.98. The van der Waals surface area contributed by atoms with Crippen molar-refractivity contribution >= 4 is 0 Å². The molecule has 1 aliphatic heterocycles. The Morgan fingerprint density at radius 2 is 2.43 bits per heavy atom. The highest BCUT2D eigenvalue weighted by atomic mass is 15.2. The molecule has 0 amide bonds. The van der Waals surface area contributed by atoms with Crippen LogP contribution in [0.15, 0.2) is 18.3 Å². The average molecular weight is 193 g/mol. The van der Waals surface area contributed by atoms with E-state index < -0.39 is 0 Å². The van der Waals surface area contributed by atoms with Gasteiger partial charge in [0.05, 0.1) is 0 Å². The molecule has 1 aliphatic rings. The van der Waals surface area contributed by atoms with Crippen LogP contribution in [0.1, 0.15) is 18.5 Å². The molecule has 1 aromatic rings. The molecule has 3 nitrogen and oxygen atoms in total. The maximum atomic E-state index is 5.94. The van der Waals surface area contributed by atoms with E-state index in [-0.39, 0.29) is 0 Å². The van der Waals surface area contributed by atoms with Crippen molar-refractivity contribution in [2.45, 2.75) is 25.4 Å². The number of likely N-dealkylation sites (tertiary alicyclic amines) is 1. The van der Waals surface area contributed by atoms with Gasteiger partial charge in [-0.1, -0.05) is 0 Å². The molecule has 2 N–H and O–H groups in total. The monoisotopic (exact) mass is 193 g/mol. The van der Waals surface area contributed by atoms with Crippen molar-refractivity contribution < 1.29 is 0 Å². The molecular formula is C11H19N3. The molecule has 2 heterocycles. The van der Waals surface area contributed by atoms with E-state index >= 15 is 0 Å². The number of nitrogens with zero attached hydrogens (tertiary/aromatic N) is 2. The molecule has 2 rings (SSSR count). The van der Waals surface area contributed by atoms with Crippen LogP contribution in [0, 0.1) is 0 Å². The molecular weight excluding hydrogens is 174 g/mol. The van der Waals surface area contributed by atoms with Gasteiger partial charge < -0.3 is 10.3 Å². The Hall–Kier alpha value is -0.800. The lowest BCUT2D eigenvalue weighted by Crippen LogP contribution is -2.42. The fourth-order valence-electron chi connectivity index (χ4n) is 2.12. The summed E-state index contributed by atoms with van der Waals surface area (Å²) in [6, 6.07) is 4.66. The van der Waals surface area contributed by atoms with Crippen molar-refractivity contribution in [2.75, 3.05) is 13.1 Å². The van der Waals surface area contributed by atoms with Crippen LogP contribution in [-0.4, -0.2) is 28.6 Å². The van der Waals surface area contributed by atoms with Gasteiger partial charge in [0.1, 0.15) is 0 Å². The molecule has 1 saturated heterocycles. The largest absolute Gasteiger partial charge is 0.353 e. The number of hydrogen-bond donors (Lipinski definition) is 1. The lowest BCUT2D eigenvalue weighted by molar-refractivity contribution is 0.198. The summed E-state index contributed by atoms with van der Waals surface area (Å²) in [6.45, 7) is 3.28. The van der Waals surface area contributed by atoms with Gasteiger partial charge in [-0.05, 0) is 31.5 Å². The molecule has 1 atom stereocenters. The Labute approximate surface area is 85.5 Å². The summed E-state index contributed by atoms with van der Waals surface area (Å²) >= 11 is 0. The van der Waals surface area contributed by atoms with Crippen LogP contribution < -0.4 is 5.73 Å². The summed E-state index contributed by atoms with van der Waals surface area (Å²) in [7, 11) is 2.10. The van der Waals surface area contributed by atoms with Gasteiger partial charge in [0.25, 0.3) is 0 Å². The van der Waals surface area contributed by atoms with Gasteiger partial charge in [0.15, 0.2) is 0 Å². The van der Waals surface area contributed by atoms with Gasteiger partial charge in [0.2, 0.25) is 0 Å². The molecule has 0 aromatic carbocycles. The number of hydrogen-bond acceptors (Lipinski definition) is 2. The predicted molar refractivity (Wildman–Crippen MR) is 57.9 cm³/mol. The van der Waals surface area contributed by atoms with Crippen LogP contribution in [-0.2, 0) is 13.6 Å². The Morgan fingerprint density at radius 3 is 3.07 bits per heavy atom. The Bertz CT molecular complexity index is 292. The summed E-state index contributed by atoms with van der Waals surface area (Å²) in [6.07, 6.45) is 4.52. The Kier molecular flexibility index (Phi) is 2.89. The lowest BCUT2D eigenvalue weighted by Gasteiger charge is -2.30. The highest BCUT2D eigenvalue weighted by Gasteiger charge is 2.16. The van der Waals surface area contributed by atoms with E-state index in [4.69, 9.17) is 5.73 Å². The fourth-order valence-corrected chi connectivity index (χ4v) is 2.12. The van der Waals surface area contributed by atoms with Crippen molar-refractivity contribution in [3.8, 4) is 0 Å². The third-order valence-electron chi connectivity index (χ3n) is 2.98. The zero-order chi connectivity index (χ0) is 9.97. The quantitative estimate of drug-likeness (QED) is 0.758. The molecule has 0 bridgehead atoms. The molecule has 1 fully saturated rings. The van der Waals surface area contributed by atoms with E-state index in [0.29, 0.717) is 6.04 Å². The first kappa shape index (κ1) is 9.74. The summed E-state index contributed by atoms with van der Waals surface area (Å²) in [5.74, 6) is 0. The first-order chi connectivity index (χ1) is 6.75. The maximum Gasteiger partial charge on any atom is 0.0387 e. The molecule has 1 aromatic heterocycles. The van der Waals surface area contributed by atoms with Crippen molar-refractivity contribution in [2.24, 2.45) is 12.8 Å². The van der Waals surface area contributed by atoms with Gasteiger partial charge in [-0.3, -0.25) is 4.90 Å². The second-order valence-electron chi connectivity index (χ2n) is 4.25. The third kappa shape index (κ3) is 2.16. The van der Waals surface area contributed by atoms with Gasteiger partial charge in [0, 0.05) is 38.1 Å². The van der Waals surface area contributed by atoms with E-state index in [0.717, 1.165) is 13.1 Å². The Balaban J connectivity index is 1.94. The smallest absolute Gasteiger partial charge is 0.0387 e. The lowest BCUT2D eigenvalue weighted by atomic mass is 10.1. The Morgan fingerprint density at radius 1 is 1.57 bits per heavy atom. The second kappa shape index (κ2) is 4.15. The number of aromatic nitrogens is 1. The summed E-state index contributed by atoms with van der Waals surface area (Å²) in [4.78, 5) is 2.45. The van der Waals surface area contributed by atoms with Crippen LogP contribution in [0.25, 0.3) is 0 Å². The molecule has 1 unspecified atom stereocenters. The average Bonchev–Trinajstić information content (AvgIpc) is 2.52. The van der Waals surface area contributed by atoms with Crippen molar-refractivity contribution in [3.05, 3.63) is 24.0 Å². The minimum absolute atomic E-state index is 0.379. The summed E-state index contributed by atoms with van der Waals surface area (Å²) < 4.78 is 2.18. The van der Waals surface area contributed by atoms with Gasteiger partial charge in [-0.2, -0.15) is 0 Å². The first-order valence-corrected chi connectivity index (χ1v) is 5.34. The molecule has 14 heavy (non-hydrogen) atoms. The SMILES string of the molecule is Cn1cccc1CN1CCCC(N)C1. The standard InChI is InChI=1S/C11H19N3/c1-13-6-3-5-11(13)9-14-7-2-4-10(12)8-14/h3,5-6,10H,2,4,7-9,12H2,1H3. The van der Waals surface area contributed by atoms with Gasteiger partial charge in [-0.25, -0.2) is 0 Å². The topological polar surface area (TPSA) is 34.2 Å². The highest BCUT2D eigenvalue weighted by molar-refractivity contribution is 5.06. The number of nitrogens with two attached hydrogens (primary N) is 1. The molecule has 0 radical (unpaired) electrons. The minimum Gasteiger partial charge on any atom is -0.353 e. The van der Waals surface area contributed by atoms with Crippen molar-refractivity contribution in [1.82, 2.24) is 9.47 Å². The van der Waals surface area contributed by atoms with E-state index in [9.17, 15) is 0 Å². The van der Waals surface area contributed by atoms with Gasteiger partial charge in [-0.15, -0.1) is 0 Å². The van der Waals surface area contributed by atoms with Crippen molar-refractivity contribution in [3.63, 3.8) is 0 Å². The summed E-state index contributed by atoms with van der Waals surface area (Å²) in [5, 5.41) is 0. The van der Waals surface area contributed by atoms with Crippen molar-refractivity contribution in [1.29, 1.82) is 0 Å². The molecule has 0 aliphatic carbocycles. The van der Waals surface area contributed by atoms with Gasteiger partial charge >= 0.3 is 0 Å². The maximum absolute atomic E-state index is 5.94. The van der Waals surface area contributed by atoms with Crippen LogP contribution in [0.2, 0.25) is 0 Å². The number of piperidine rings is 1. The van der Waals surface area contributed by atoms with Crippen LogP contribution in [0.4, 0.5) is 0 Å². The second-order valence-corrected chi connectivity index (χ2v) is 4.25. The minimum atomic E-state index is 0.379. The molecule has 78 valence electrons. The van der Waals surface area contributed by atoms with E-state index in [1.165, 1.54) is 25.1 Å². The predicted octanol–water partition coefficient (Wildman–Crippen LogP) is 0.948. The van der Waals surface area contributed by atoms with E-state index in [1.807, 2.05) is 0 Å². The number of aryl methyl sites for hydroxylation is 1. The number of rotatable bonds is 2. The molecule has 0 saturated carbocycles. The highest BCUT2D eigenvalue weighted by Crippen LogP contribution is 2.12.